The maximum Gasteiger partial charge on any atom is 0.315 e. The van der Waals surface area contributed by atoms with Gasteiger partial charge in [0.15, 0.2) is 0 Å². The van der Waals surface area contributed by atoms with Crippen molar-refractivity contribution in [2.24, 2.45) is 11.8 Å². The molecule has 1 heterocycles. The van der Waals surface area contributed by atoms with Crippen LogP contribution in [-0.2, 0) is 6.42 Å². The van der Waals surface area contributed by atoms with Crippen LogP contribution in [0.25, 0.3) is 0 Å². The first-order chi connectivity index (χ1) is 10.7. The van der Waals surface area contributed by atoms with Gasteiger partial charge in [-0.3, -0.25) is 0 Å². The summed E-state index contributed by atoms with van der Waals surface area (Å²) >= 11 is 0. The predicted octanol–water partition coefficient (Wildman–Crippen LogP) is 2.26. The average molecular weight is 301 g/mol. The van der Waals surface area contributed by atoms with Crippen molar-refractivity contribution < 1.29 is 4.79 Å². The summed E-state index contributed by atoms with van der Waals surface area (Å²) in [7, 11) is 0. The van der Waals surface area contributed by atoms with Crippen LogP contribution in [-0.4, -0.2) is 43.2 Å². The van der Waals surface area contributed by atoms with Gasteiger partial charge < -0.3 is 15.5 Å². The maximum atomic E-state index is 11.8. The average Bonchev–Trinajstić information content (AvgIpc) is 3.03. The fourth-order valence-electron chi connectivity index (χ4n) is 3.19. The summed E-state index contributed by atoms with van der Waals surface area (Å²) in [6.07, 6.45) is 3.43. The maximum absolute atomic E-state index is 11.8. The van der Waals surface area contributed by atoms with Crippen molar-refractivity contribution in [1.82, 2.24) is 15.5 Å². The number of carbonyl (C=O) groups is 1. The third kappa shape index (κ3) is 4.47. The molecule has 1 saturated heterocycles. The lowest BCUT2D eigenvalue weighted by Crippen LogP contribution is -2.40. The number of nitrogens with zero attached hydrogens (tertiary/aromatic N) is 1. The highest BCUT2D eigenvalue weighted by Gasteiger charge is 2.34. The lowest BCUT2D eigenvalue weighted by Gasteiger charge is -2.16. The normalized spacial score (nSPS) is 27.6. The summed E-state index contributed by atoms with van der Waals surface area (Å²) in [5, 5.41) is 6.06. The van der Waals surface area contributed by atoms with Crippen molar-refractivity contribution in [3.8, 4) is 0 Å². The Balaban J connectivity index is 1.31. The monoisotopic (exact) mass is 301 g/mol. The number of hydrogen-bond acceptors (Lipinski definition) is 2. The number of nitrogens with one attached hydrogen (secondary N) is 2. The molecule has 2 N–H and O–H groups in total. The van der Waals surface area contributed by atoms with Gasteiger partial charge in [0.05, 0.1) is 0 Å². The first kappa shape index (κ1) is 15.3. The van der Waals surface area contributed by atoms with Gasteiger partial charge in [0.1, 0.15) is 0 Å². The Labute approximate surface area is 133 Å². The molecule has 4 nitrogen and oxygen atoms in total. The molecule has 0 radical (unpaired) electrons. The van der Waals surface area contributed by atoms with E-state index in [2.05, 4.69) is 52.8 Å². The predicted molar refractivity (Wildman–Crippen MR) is 88.8 cm³/mol. The van der Waals surface area contributed by atoms with E-state index in [9.17, 15) is 4.79 Å². The lowest BCUT2D eigenvalue weighted by molar-refractivity contribution is 0.237. The van der Waals surface area contributed by atoms with Crippen LogP contribution in [0, 0.1) is 11.8 Å². The summed E-state index contributed by atoms with van der Waals surface area (Å²) < 4.78 is 0. The Bertz CT molecular complexity index is 490. The minimum atomic E-state index is 0.0112. The molecule has 0 aromatic heterocycles. The zero-order valence-corrected chi connectivity index (χ0v) is 13.4. The summed E-state index contributed by atoms with van der Waals surface area (Å²) in [6.45, 7) is 6.35. The quantitative estimate of drug-likeness (QED) is 0.846. The van der Waals surface area contributed by atoms with Gasteiger partial charge in [0.25, 0.3) is 0 Å². The van der Waals surface area contributed by atoms with Crippen LogP contribution in [0.3, 0.4) is 0 Å². The van der Waals surface area contributed by atoms with Crippen LogP contribution in [0.15, 0.2) is 30.3 Å². The molecule has 2 amide bonds. The highest BCUT2D eigenvalue weighted by atomic mass is 16.2. The van der Waals surface area contributed by atoms with E-state index in [-0.39, 0.29) is 6.03 Å². The molecule has 1 aromatic rings. The number of amides is 2. The zero-order valence-electron chi connectivity index (χ0n) is 13.4. The minimum absolute atomic E-state index is 0.0112. The van der Waals surface area contributed by atoms with Gasteiger partial charge in [-0.15, -0.1) is 0 Å². The first-order valence-corrected chi connectivity index (χ1v) is 8.51. The second-order valence-corrected chi connectivity index (χ2v) is 6.86. The molecular formula is C18H27N3O. The first-order valence-electron chi connectivity index (χ1n) is 8.51. The molecule has 0 spiro atoms. The number of hydrogen-bond donors (Lipinski definition) is 2. The number of rotatable bonds is 6. The van der Waals surface area contributed by atoms with E-state index >= 15 is 0 Å². The fourth-order valence-corrected chi connectivity index (χ4v) is 3.19. The van der Waals surface area contributed by atoms with Crippen LogP contribution in [0.2, 0.25) is 0 Å². The smallest absolute Gasteiger partial charge is 0.315 e. The summed E-state index contributed by atoms with van der Waals surface area (Å²) in [5.74, 6) is 1.25. The Kier molecular flexibility index (Phi) is 4.98. The molecule has 1 saturated carbocycles. The lowest BCUT2D eigenvalue weighted by atomic mass is 10.1. The SMILES string of the molecule is C[C@@H]1C[C@@H]1NC(=O)NC[C@H]1CCN(CCc2ccccc2)C1. The van der Waals surface area contributed by atoms with Gasteiger partial charge in [-0.25, -0.2) is 4.79 Å². The van der Waals surface area contributed by atoms with Crippen molar-refractivity contribution in [3.63, 3.8) is 0 Å². The van der Waals surface area contributed by atoms with Gasteiger partial charge >= 0.3 is 6.03 Å². The molecule has 2 aliphatic rings. The van der Waals surface area contributed by atoms with Crippen LogP contribution in [0.1, 0.15) is 25.3 Å². The summed E-state index contributed by atoms with van der Waals surface area (Å²) in [4.78, 5) is 14.3. The highest BCUT2D eigenvalue weighted by molar-refractivity contribution is 5.74. The van der Waals surface area contributed by atoms with Crippen molar-refractivity contribution in [3.05, 3.63) is 35.9 Å². The molecule has 2 fully saturated rings. The Morgan fingerprint density at radius 2 is 2.09 bits per heavy atom. The van der Waals surface area contributed by atoms with E-state index in [1.807, 2.05) is 0 Å². The zero-order chi connectivity index (χ0) is 15.4. The van der Waals surface area contributed by atoms with E-state index in [1.165, 1.54) is 12.0 Å². The molecule has 3 rings (SSSR count). The summed E-state index contributed by atoms with van der Waals surface area (Å²) in [5.41, 5.74) is 1.40. The van der Waals surface area contributed by atoms with E-state index in [1.54, 1.807) is 0 Å². The second kappa shape index (κ2) is 7.14. The topological polar surface area (TPSA) is 44.4 Å². The Hall–Kier alpha value is -1.55. The van der Waals surface area contributed by atoms with Crippen molar-refractivity contribution in [2.45, 2.75) is 32.2 Å². The Morgan fingerprint density at radius 3 is 2.82 bits per heavy atom. The molecule has 4 heteroatoms. The number of likely N-dealkylation sites (tertiary alicyclic amines) is 1. The standard InChI is InChI=1S/C18H27N3O/c1-14-11-17(14)20-18(22)19-12-16-8-10-21(13-16)9-7-15-5-3-2-4-6-15/h2-6,14,16-17H,7-13H2,1H3,(H2,19,20,22)/t14-,16-,17+/m1/s1. The molecular weight excluding hydrogens is 274 g/mol. The number of urea groups is 1. The number of benzene rings is 1. The molecule has 0 unspecified atom stereocenters. The van der Waals surface area contributed by atoms with E-state index in [0.717, 1.165) is 39.0 Å². The summed E-state index contributed by atoms with van der Waals surface area (Å²) in [6, 6.07) is 11.1. The molecule has 1 aliphatic heterocycles. The van der Waals surface area contributed by atoms with E-state index < -0.39 is 0 Å². The molecule has 1 aliphatic carbocycles. The Morgan fingerprint density at radius 1 is 1.32 bits per heavy atom. The van der Waals surface area contributed by atoms with Crippen molar-refractivity contribution in [1.29, 1.82) is 0 Å². The van der Waals surface area contributed by atoms with Crippen LogP contribution in [0.4, 0.5) is 4.79 Å². The van der Waals surface area contributed by atoms with Crippen molar-refractivity contribution >= 4 is 6.03 Å². The minimum Gasteiger partial charge on any atom is -0.338 e. The van der Waals surface area contributed by atoms with Crippen LogP contribution >= 0.6 is 0 Å². The van der Waals surface area contributed by atoms with Crippen molar-refractivity contribution in [2.75, 3.05) is 26.2 Å². The molecule has 120 valence electrons. The largest absolute Gasteiger partial charge is 0.338 e. The van der Waals surface area contributed by atoms with Gasteiger partial charge in [-0.05, 0) is 43.2 Å². The molecule has 3 atom stereocenters. The molecule has 0 bridgehead atoms. The third-order valence-electron chi connectivity index (χ3n) is 4.91. The van der Waals surface area contributed by atoms with E-state index in [4.69, 9.17) is 0 Å². The molecule has 22 heavy (non-hydrogen) atoms. The van der Waals surface area contributed by atoms with Crippen LogP contribution in [0.5, 0.6) is 0 Å². The third-order valence-corrected chi connectivity index (χ3v) is 4.91. The van der Waals surface area contributed by atoms with Gasteiger partial charge in [-0.2, -0.15) is 0 Å². The fraction of sp³-hybridized carbons (Fsp3) is 0.611. The van der Waals surface area contributed by atoms with Gasteiger partial charge in [-0.1, -0.05) is 37.3 Å². The second-order valence-electron chi connectivity index (χ2n) is 6.86. The van der Waals surface area contributed by atoms with Gasteiger partial charge in [0, 0.05) is 25.7 Å². The van der Waals surface area contributed by atoms with Gasteiger partial charge in [0.2, 0.25) is 0 Å². The van der Waals surface area contributed by atoms with E-state index in [0.29, 0.717) is 17.9 Å². The highest BCUT2D eigenvalue weighted by Crippen LogP contribution is 2.28. The number of carbonyl (C=O) groups excluding carboxylic acids is 1. The molecule has 1 aromatic carbocycles. The van der Waals surface area contributed by atoms with Crippen LogP contribution < -0.4 is 10.6 Å².